The summed E-state index contributed by atoms with van der Waals surface area (Å²) < 4.78 is 0. The van der Waals surface area contributed by atoms with Crippen LogP contribution < -0.4 is 11.1 Å². The van der Waals surface area contributed by atoms with Crippen LogP contribution in [0.1, 0.15) is 18.9 Å². The zero-order chi connectivity index (χ0) is 11.1. The summed E-state index contributed by atoms with van der Waals surface area (Å²) in [6, 6.07) is 9.69. The lowest BCUT2D eigenvalue weighted by Gasteiger charge is -2.09. The van der Waals surface area contributed by atoms with Gasteiger partial charge in [-0.15, -0.1) is 0 Å². The molecule has 0 spiro atoms. The number of nitrogens with two attached hydrogens (primary N) is 1. The summed E-state index contributed by atoms with van der Waals surface area (Å²) in [6.07, 6.45) is 1.53. The normalized spacial score (nSPS) is 12.1. The Balaban J connectivity index is 2.25. The van der Waals surface area contributed by atoms with E-state index in [4.69, 9.17) is 5.73 Å². The van der Waals surface area contributed by atoms with Crippen molar-refractivity contribution >= 4 is 5.91 Å². The first-order valence-corrected chi connectivity index (χ1v) is 5.31. The smallest absolute Gasteiger partial charge is 0.236 e. The quantitative estimate of drug-likeness (QED) is 0.757. The van der Waals surface area contributed by atoms with E-state index in [1.54, 1.807) is 0 Å². The summed E-state index contributed by atoms with van der Waals surface area (Å²) in [4.78, 5) is 11.3. The highest BCUT2D eigenvalue weighted by molar-refractivity contribution is 5.81. The van der Waals surface area contributed by atoms with Gasteiger partial charge in [0.05, 0.1) is 6.04 Å². The molecule has 0 saturated carbocycles. The summed E-state index contributed by atoms with van der Waals surface area (Å²) >= 11 is 0. The Morgan fingerprint density at radius 1 is 1.40 bits per heavy atom. The predicted molar refractivity (Wildman–Crippen MR) is 61.4 cm³/mol. The number of carbonyl (C=O) groups is 1. The van der Waals surface area contributed by atoms with Gasteiger partial charge in [-0.2, -0.15) is 0 Å². The molecule has 0 unspecified atom stereocenters. The number of benzene rings is 1. The van der Waals surface area contributed by atoms with Crippen LogP contribution >= 0.6 is 0 Å². The van der Waals surface area contributed by atoms with E-state index >= 15 is 0 Å². The van der Waals surface area contributed by atoms with Gasteiger partial charge in [-0.05, 0) is 18.4 Å². The lowest BCUT2D eigenvalue weighted by atomic mass is 10.1. The molecule has 15 heavy (non-hydrogen) atoms. The van der Waals surface area contributed by atoms with E-state index in [1.807, 2.05) is 37.3 Å². The molecule has 1 atom stereocenters. The van der Waals surface area contributed by atoms with Gasteiger partial charge in [0, 0.05) is 6.54 Å². The summed E-state index contributed by atoms with van der Waals surface area (Å²) in [5, 5.41) is 2.82. The molecule has 0 aromatic heterocycles. The van der Waals surface area contributed by atoms with Gasteiger partial charge in [0.1, 0.15) is 0 Å². The minimum Gasteiger partial charge on any atom is -0.354 e. The SMILES string of the molecule is CC[C@@H](N)C(=O)NCCc1ccccc1. The van der Waals surface area contributed by atoms with Crippen LogP contribution in [0.4, 0.5) is 0 Å². The van der Waals surface area contributed by atoms with Crippen LogP contribution in [0.2, 0.25) is 0 Å². The first-order chi connectivity index (χ1) is 7.24. The molecule has 0 aliphatic heterocycles. The Hall–Kier alpha value is -1.35. The monoisotopic (exact) mass is 206 g/mol. The van der Waals surface area contributed by atoms with E-state index in [9.17, 15) is 4.79 Å². The third kappa shape index (κ3) is 4.13. The Bertz CT molecular complexity index is 298. The summed E-state index contributed by atoms with van der Waals surface area (Å²) in [6.45, 7) is 2.55. The minimum atomic E-state index is -0.374. The molecule has 0 saturated heterocycles. The molecule has 1 rings (SSSR count). The average molecular weight is 206 g/mol. The minimum absolute atomic E-state index is 0.0616. The lowest BCUT2D eigenvalue weighted by Crippen LogP contribution is -2.40. The second kappa shape index (κ2) is 6.19. The van der Waals surface area contributed by atoms with E-state index < -0.39 is 0 Å². The predicted octanol–water partition coefficient (Wildman–Crippen LogP) is 1.08. The van der Waals surface area contributed by atoms with Gasteiger partial charge in [0.2, 0.25) is 5.91 Å². The van der Waals surface area contributed by atoms with Crippen molar-refractivity contribution in [3.05, 3.63) is 35.9 Å². The maximum Gasteiger partial charge on any atom is 0.236 e. The zero-order valence-electron chi connectivity index (χ0n) is 9.07. The number of hydrogen-bond donors (Lipinski definition) is 2. The molecule has 1 aromatic rings. The Morgan fingerprint density at radius 2 is 2.07 bits per heavy atom. The van der Waals surface area contributed by atoms with E-state index in [0.29, 0.717) is 13.0 Å². The second-order valence-electron chi connectivity index (χ2n) is 3.54. The van der Waals surface area contributed by atoms with E-state index in [1.165, 1.54) is 5.56 Å². The average Bonchev–Trinajstić information content (AvgIpc) is 2.29. The maximum absolute atomic E-state index is 11.3. The summed E-state index contributed by atoms with van der Waals surface area (Å²) in [7, 11) is 0. The zero-order valence-corrected chi connectivity index (χ0v) is 9.07. The Morgan fingerprint density at radius 3 is 2.67 bits per heavy atom. The molecule has 1 aromatic carbocycles. The number of hydrogen-bond acceptors (Lipinski definition) is 2. The number of rotatable bonds is 5. The van der Waals surface area contributed by atoms with Gasteiger partial charge >= 0.3 is 0 Å². The topological polar surface area (TPSA) is 55.1 Å². The fraction of sp³-hybridized carbons (Fsp3) is 0.417. The molecule has 0 radical (unpaired) electrons. The van der Waals surface area contributed by atoms with Crippen LogP contribution in [0, 0.1) is 0 Å². The Labute approximate surface area is 90.7 Å². The maximum atomic E-state index is 11.3. The van der Waals surface area contributed by atoms with Crippen molar-refractivity contribution in [3.63, 3.8) is 0 Å². The third-order valence-corrected chi connectivity index (χ3v) is 2.33. The van der Waals surface area contributed by atoms with Crippen LogP contribution in [-0.4, -0.2) is 18.5 Å². The molecule has 3 N–H and O–H groups in total. The molecule has 0 aliphatic rings. The van der Waals surface area contributed by atoms with Crippen molar-refractivity contribution in [2.24, 2.45) is 5.73 Å². The van der Waals surface area contributed by atoms with Crippen molar-refractivity contribution < 1.29 is 4.79 Å². The molecule has 82 valence electrons. The van der Waals surface area contributed by atoms with E-state index in [-0.39, 0.29) is 11.9 Å². The van der Waals surface area contributed by atoms with Gasteiger partial charge in [-0.25, -0.2) is 0 Å². The lowest BCUT2D eigenvalue weighted by molar-refractivity contribution is -0.122. The molecule has 0 aliphatic carbocycles. The van der Waals surface area contributed by atoms with Gasteiger partial charge in [-0.1, -0.05) is 37.3 Å². The highest BCUT2D eigenvalue weighted by atomic mass is 16.2. The molecular weight excluding hydrogens is 188 g/mol. The standard InChI is InChI=1S/C12H18N2O/c1-2-11(13)12(15)14-9-8-10-6-4-3-5-7-10/h3-7,11H,2,8-9,13H2,1H3,(H,14,15)/t11-/m1/s1. The number of amides is 1. The van der Waals surface area contributed by atoms with E-state index in [0.717, 1.165) is 6.42 Å². The van der Waals surface area contributed by atoms with Crippen molar-refractivity contribution in [2.75, 3.05) is 6.54 Å². The molecule has 3 heteroatoms. The van der Waals surface area contributed by atoms with Crippen LogP contribution in [0.3, 0.4) is 0 Å². The molecule has 3 nitrogen and oxygen atoms in total. The van der Waals surface area contributed by atoms with Crippen molar-refractivity contribution in [2.45, 2.75) is 25.8 Å². The fourth-order valence-electron chi connectivity index (χ4n) is 1.29. The summed E-state index contributed by atoms with van der Waals surface area (Å²) in [5.74, 6) is -0.0616. The van der Waals surface area contributed by atoms with Gasteiger partial charge in [0.25, 0.3) is 0 Å². The van der Waals surface area contributed by atoms with Crippen LogP contribution in [-0.2, 0) is 11.2 Å². The third-order valence-electron chi connectivity index (χ3n) is 2.33. The molecule has 1 amide bonds. The molecule has 0 heterocycles. The number of nitrogens with one attached hydrogen (secondary N) is 1. The first kappa shape index (κ1) is 11.7. The van der Waals surface area contributed by atoms with Crippen LogP contribution in [0.15, 0.2) is 30.3 Å². The van der Waals surface area contributed by atoms with E-state index in [2.05, 4.69) is 5.32 Å². The largest absolute Gasteiger partial charge is 0.354 e. The van der Waals surface area contributed by atoms with Gasteiger partial charge in [-0.3, -0.25) is 4.79 Å². The van der Waals surface area contributed by atoms with Crippen molar-refractivity contribution in [1.29, 1.82) is 0 Å². The number of carbonyl (C=O) groups excluding carboxylic acids is 1. The second-order valence-corrected chi connectivity index (χ2v) is 3.54. The molecule has 0 fully saturated rings. The highest BCUT2D eigenvalue weighted by Gasteiger charge is 2.08. The molecule has 0 bridgehead atoms. The van der Waals surface area contributed by atoms with Crippen LogP contribution in [0.5, 0.6) is 0 Å². The van der Waals surface area contributed by atoms with Gasteiger partial charge < -0.3 is 11.1 Å². The fourth-order valence-corrected chi connectivity index (χ4v) is 1.29. The Kier molecular flexibility index (Phi) is 4.84. The molecular formula is C12H18N2O. The summed E-state index contributed by atoms with van der Waals surface area (Å²) in [5.41, 5.74) is 6.81. The van der Waals surface area contributed by atoms with Crippen molar-refractivity contribution in [3.8, 4) is 0 Å². The van der Waals surface area contributed by atoms with Gasteiger partial charge in [0.15, 0.2) is 0 Å². The highest BCUT2D eigenvalue weighted by Crippen LogP contribution is 1.98. The van der Waals surface area contributed by atoms with Crippen molar-refractivity contribution in [1.82, 2.24) is 5.32 Å². The first-order valence-electron chi connectivity index (χ1n) is 5.31. The van der Waals surface area contributed by atoms with Crippen LogP contribution in [0.25, 0.3) is 0 Å².